The number of carbonyl (C=O) groups is 8. The Morgan fingerprint density at radius 1 is 0.565 bits per heavy atom. The number of aliphatic hydroxyl groups excluding tert-OH is 3. The molecule has 46 heavy (non-hydrogen) atoms. The molecule has 262 valence electrons. The summed E-state index contributed by atoms with van der Waals surface area (Å²) in [6, 6.07) is -9.99. The first-order valence-electron chi connectivity index (χ1n) is 14.3. The molecule has 0 bridgehead atoms. The summed E-state index contributed by atoms with van der Waals surface area (Å²) in [5.41, 5.74) is 10.6. The van der Waals surface area contributed by atoms with Gasteiger partial charge >= 0.3 is 5.97 Å². The molecule has 0 aromatic heterocycles. The van der Waals surface area contributed by atoms with Crippen LogP contribution in [-0.2, 0) is 38.4 Å². The number of nitrogens with two attached hydrogens (primary N) is 2. The molecule has 0 aliphatic carbocycles. The fourth-order valence-electron chi connectivity index (χ4n) is 3.63. The molecule has 0 aliphatic heterocycles. The molecule has 0 saturated heterocycles. The summed E-state index contributed by atoms with van der Waals surface area (Å²) in [5.74, 6) is -8.33. The van der Waals surface area contributed by atoms with Gasteiger partial charge in [0.15, 0.2) is 0 Å². The van der Waals surface area contributed by atoms with E-state index in [4.69, 9.17) is 16.6 Å². The van der Waals surface area contributed by atoms with E-state index in [1.807, 2.05) is 5.32 Å². The van der Waals surface area contributed by atoms with E-state index in [0.29, 0.717) is 0 Å². The Morgan fingerprint density at radius 3 is 1.37 bits per heavy atom. The van der Waals surface area contributed by atoms with Crippen LogP contribution in [0.4, 0.5) is 0 Å². The third kappa shape index (κ3) is 15.1. The van der Waals surface area contributed by atoms with Gasteiger partial charge in [-0.2, -0.15) is 0 Å². The number of carbonyl (C=O) groups excluding carboxylic acids is 7. The number of aliphatic hydroxyl groups is 3. The number of nitrogens with one attached hydrogen (secondary N) is 6. The van der Waals surface area contributed by atoms with Crippen LogP contribution in [0, 0.1) is 5.92 Å². The SMILES string of the molecule is CC(C)CC(NC(=O)C(CO)NC(=O)C(CO)NC(=O)C(C)NC(=O)C(C)N)C(=O)NC(CCC(N)=O)C(=O)NC(CO)C(=O)O. The van der Waals surface area contributed by atoms with E-state index in [9.17, 15) is 53.7 Å². The zero-order chi connectivity index (χ0) is 35.7. The van der Waals surface area contributed by atoms with E-state index in [2.05, 4.69) is 26.6 Å². The van der Waals surface area contributed by atoms with Crippen LogP contribution in [0.1, 0.15) is 47.0 Å². The van der Waals surface area contributed by atoms with E-state index in [1.54, 1.807) is 13.8 Å². The quantitative estimate of drug-likeness (QED) is 0.0545. The Bertz CT molecular complexity index is 1100. The molecule has 0 aliphatic rings. The van der Waals surface area contributed by atoms with Crippen LogP contribution in [-0.4, -0.2) is 130 Å². The molecule has 0 heterocycles. The maximum atomic E-state index is 13.2. The predicted molar refractivity (Wildman–Crippen MR) is 158 cm³/mol. The first-order valence-corrected chi connectivity index (χ1v) is 14.3. The van der Waals surface area contributed by atoms with Crippen LogP contribution < -0.4 is 43.4 Å². The van der Waals surface area contributed by atoms with E-state index >= 15 is 0 Å². The lowest BCUT2D eigenvalue weighted by Crippen LogP contribution is -2.61. The van der Waals surface area contributed by atoms with Crippen LogP contribution in [0.3, 0.4) is 0 Å². The van der Waals surface area contributed by atoms with Crippen molar-refractivity contribution in [3.05, 3.63) is 0 Å². The number of carboxylic acids is 1. The predicted octanol–water partition coefficient (Wildman–Crippen LogP) is -6.36. The molecule has 7 amide bonds. The highest BCUT2D eigenvalue weighted by Crippen LogP contribution is 2.08. The number of amides is 7. The number of carboxylic acid groups (broad SMARTS) is 1. The first-order chi connectivity index (χ1) is 21.4. The smallest absolute Gasteiger partial charge is 0.328 e. The van der Waals surface area contributed by atoms with Gasteiger partial charge < -0.3 is 63.8 Å². The van der Waals surface area contributed by atoms with Gasteiger partial charge in [0.2, 0.25) is 41.4 Å². The minimum absolute atomic E-state index is 0.0252. The van der Waals surface area contributed by atoms with Crippen molar-refractivity contribution in [2.75, 3.05) is 19.8 Å². The summed E-state index contributed by atoms with van der Waals surface area (Å²) >= 11 is 0. The molecule has 0 saturated carbocycles. The van der Waals surface area contributed by atoms with Gasteiger partial charge in [-0.05, 0) is 32.6 Å². The van der Waals surface area contributed by atoms with Gasteiger partial charge in [0, 0.05) is 6.42 Å². The second-order valence-electron chi connectivity index (χ2n) is 10.8. The third-order valence-corrected chi connectivity index (χ3v) is 6.25. The van der Waals surface area contributed by atoms with Gasteiger partial charge in [0.1, 0.15) is 36.3 Å². The zero-order valence-electron chi connectivity index (χ0n) is 26.1. The number of hydrogen-bond acceptors (Lipinski definition) is 12. The molecule has 0 aromatic carbocycles. The standard InChI is InChI=1S/C26H46N8O12/c1-11(2)7-15(23(42)30-14(5-6-19(28)38)22(41)34-18(10-37)26(45)46)31-24(43)17(9-36)33-25(44)16(8-35)32-21(40)13(4)29-20(39)12(3)27/h11-18,35-37H,5-10,27H2,1-4H3,(H2,28,38)(H,29,39)(H,30,42)(H,31,43)(H,32,40)(H,33,44)(H,34,41)(H,45,46). The van der Waals surface area contributed by atoms with Gasteiger partial charge in [0.25, 0.3) is 0 Å². The summed E-state index contributed by atoms with van der Waals surface area (Å²) < 4.78 is 0. The molecule has 0 radical (unpaired) electrons. The summed E-state index contributed by atoms with van der Waals surface area (Å²) in [5, 5.41) is 51.0. The lowest BCUT2D eigenvalue weighted by molar-refractivity contribution is -0.143. The van der Waals surface area contributed by atoms with Gasteiger partial charge in [0.05, 0.1) is 25.9 Å². The number of primary amides is 1. The fourth-order valence-corrected chi connectivity index (χ4v) is 3.63. The van der Waals surface area contributed by atoms with Crippen LogP contribution in [0.2, 0.25) is 0 Å². The van der Waals surface area contributed by atoms with Crippen LogP contribution in [0.5, 0.6) is 0 Å². The van der Waals surface area contributed by atoms with Gasteiger partial charge in [-0.1, -0.05) is 13.8 Å². The Balaban J connectivity index is 5.73. The number of rotatable bonds is 21. The average molecular weight is 663 g/mol. The van der Waals surface area contributed by atoms with Crippen molar-refractivity contribution in [1.29, 1.82) is 0 Å². The number of hydrogen-bond donors (Lipinski definition) is 12. The summed E-state index contributed by atoms with van der Waals surface area (Å²) in [6.07, 6.45) is -0.776. The minimum atomic E-state index is -1.72. The second kappa shape index (κ2) is 20.6. The van der Waals surface area contributed by atoms with Crippen molar-refractivity contribution >= 4 is 47.3 Å². The summed E-state index contributed by atoms with van der Waals surface area (Å²) in [6.45, 7) is 3.18. The summed E-state index contributed by atoms with van der Waals surface area (Å²) in [4.78, 5) is 98.3. The molecule has 14 N–H and O–H groups in total. The molecule has 0 fully saturated rings. The van der Waals surface area contributed by atoms with Crippen molar-refractivity contribution < 1.29 is 58.8 Å². The van der Waals surface area contributed by atoms with Crippen molar-refractivity contribution in [1.82, 2.24) is 31.9 Å². The topological polar surface area (TPSA) is 342 Å². The highest BCUT2D eigenvalue weighted by molar-refractivity contribution is 5.97. The Hall–Kier alpha value is -4.40. The van der Waals surface area contributed by atoms with E-state index in [-0.39, 0.29) is 18.8 Å². The minimum Gasteiger partial charge on any atom is -0.480 e. The Morgan fingerprint density at radius 2 is 0.957 bits per heavy atom. The normalized spacial score (nSPS) is 15.5. The Labute approximate surface area is 264 Å². The van der Waals surface area contributed by atoms with Crippen molar-refractivity contribution in [3.63, 3.8) is 0 Å². The average Bonchev–Trinajstić information content (AvgIpc) is 2.97. The fraction of sp³-hybridized carbons (Fsp3) is 0.692. The highest BCUT2D eigenvalue weighted by atomic mass is 16.4. The molecule has 7 atom stereocenters. The molecule has 20 nitrogen and oxygen atoms in total. The molecular weight excluding hydrogens is 616 g/mol. The Kier molecular flexibility index (Phi) is 18.6. The molecular formula is C26H46N8O12. The highest BCUT2D eigenvalue weighted by Gasteiger charge is 2.33. The van der Waals surface area contributed by atoms with Crippen LogP contribution >= 0.6 is 0 Å². The maximum Gasteiger partial charge on any atom is 0.328 e. The van der Waals surface area contributed by atoms with E-state index in [0.717, 1.165) is 0 Å². The number of aliphatic carboxylic acids is 1. The van der Waals surface area contributed by atoms with E-state index < -0.39 is 116 Å². The zero-order valence-corrected chi connectivity index (χ0v) is 26.1. The van der Waals surface area contributed by atoms with Crippen molar-refractivity contribution in [2.24, 2.45) is 17.4 Å². The molecule has 7 unspecified atom stereocenters. The van der Waals surface area contributed by atoms with Gasteiger partial charge in [-0.25, -0.2) is 4.79 Å². The molecule has 0 rings (SSSR count). The van der Waals surface area contributed by atoms with Crippen molar-refractivity contribution in [2.45, 2.75) is 89.3 Å². The largest absolute Gasteiger partial charge is 0.480 e. The van der Waals surface area contributed by atoms with Gasteiger partial charge in [-0.3, -0.25) is 33.6 Å². The first kappa shape index (κ1) is 41.6. The van der Waals surface area contributed by atoms with Gasteiger partial charge in [-0.15, -0.1) is 0 Å². The lowest BCUT2D eigenvalue weighted by atomic mass is 10.0. The summed E-state index contributed by atoms with van der Waals surface area (Å²) in [7, 11) is 0. The van der Waals surface area contributed by atoms with Crippen LogP contribution in [0.25, 0.3) is 0 Å². The maximum absolute atomic E-state index is 13.2. The van der Waals surface area contributed by atoms with Crippen molar-refractivity contribution in [3.8, 4) is 0 Å². The monoisotopic (exact) mass is 662 g/mol. The lowest BCUT2D eigenvalue weighted by Gasteiger charge is -2.27. The van der Waals surface area contributed by atoms with E-state index in [1.165, 1.54) is 13.8 Å². The third-order valence-electron chi connectivity index (χ3n) is 6.25. The second-order valence-corrected chi connectivity index (χ2v) is 10.8. The molecule has 20 heteroatoms. The van der Waals surface area contributed by atoms with Crippen LogP contribution in [0.15, 0.2) is 0 Å². The molecule has 0 spiro atoms. The molecule has 0 aromatic rings.